The summed E-state index contributed by atoms with van der Waals surface area (Å²) in [4.78, 5) is 24.0. The van der Waals surface area contributed by atoms with Crippen LogP contribution in [0.4, 0.5) is 0 Å². The molecule has 18 heavy (non-hydrogen) atoms. The van der Waals surface area contributed by atoms with Crippen molar-refractivity contribution in [3.05, 3.63) is 33.2 Å². The molecule has 1 atom stereocenters. The van der Waals surface area contributed by atoms with Gasteiger partial charge in [0.15, 0.2) is 0 Å². The Morgan fingerprint density at radius 2 is 2.17 bits per heavy atom. The maximum Gasteiger partial charge on any atom is 0.263 e. The van der Waals surface area contributed by atoms with Crippen molar-refractivity contribution in [2.24, 2.45) is 12.8 Å². The molecule has 0 aliphatic heterocycles. The molecule has 0 saturated carbocycles. The first-order valence-electron chi connectivity index (χ1n) is 6.11. The van der Waals surface area contributed by atoms with Crippen LogP contribution in [0, 0.1) is 6.92 Å². The number of nitrogens with two attached hydrogens (primary N) is 1. The van der Waals surface area contributed by atoms with Crippen LogP contribution in [0.3, 0.4) is 0 Å². The summed E-state index contributed by atoms with van der Waals surface area (Å²) in [5, 5.41) is 2.65. The Kier molecular flexibility index (Phi) is 4.67. The molecule has 1 heterocycles. The molecule has 3 N–H and O–H groups in total. The number of carbonyl (C=O) groups is 1. The molecule has 5 nitrogen and oxygen atoms in total. The van der Waals surface area contributed by atoms with Crippen molar-refractivity contribution in [3.8, 4) is 0 Å². The van der Waals surface area contributed by atoms with Crippen LogP contribution in [0.1, 0.15) is 35.5 Å². The maximum absolute atomic E-state index is 12.1. The standard InChI is InChI=1S/C13H21N3O2/c1-5-11-8(2)6-10(13(18)16(11)4)12(17)15-7-9(3)14/h6,9H,5,7,14H2,1-4H3,(H,15,17)/t9-/m0/s1. The van der Waals surface area contributed by atoms with E-state index in [1.807, 2.05) is 13.8 Å². The van der Waals surface area contributed by atoms with Crippen molar-refractivity contribution in [1.82, 2.24) is 9.88 Å². The predicted octanol–water partition coefficient (Wildman–Crippen LogP) is 0.333. The Morgan fingerprint density at radius 1 is 1.56 bits per heavy atom. The van der Waals surface area contributed by atoms with E-state index in [1.165, 1.54) is 4.57 Å². The van der Waals surface area contributed by atoms with Gasteiger partial charge in [-0.05, 0) is 31.9 Å². The highest BCUT2D eigenvalue weighted by atomic mass is 16.2. The van der Waals surface area contributed by atoms with E-state index >= 15 is 0 Å². The molecule has 0 bridgehead atoms. The summed E-state index contributed by atoms with van der Waals surface area (Å²) in [6.07, 6.45) is 0.763. The van der Waals surface area contributed by atoms with Gasteiger partial charge in [-0.3, -0.25) is 9.59 Å². The SMILES string of the molecule is CCc1c(C)cc(C(=O)NC[C@H](C)N)c(=O)n1C. The summed E-state index contributed by atoms with van der Waals surface area (Å²) >= 11 is 0. The van der Waals surface area contributed by atoms with Crippen molar-refractivity contribution in [2.45, 2.75) is 33.2 Å². The number of aryl methyl sites for hydroxylation is 1. The Labute approximate surface area is 107 Å². The monoisotopic (exact) mass is 251 g/mol. The third-order valence-electron chi connectivity index (χ3n) is 2.92. The van der Waals surface area contributed by atoms with E-state index in [0.717, 1.165) is 17.7 Å². The van der Waals surface area contributed by atoms with Crippen LogP contribution in [0.2, 0.25) is 0 Å². The van der Waals surface area contributed by atoms with E-state index in [2.05, 4.69) is 5.32 Å². The van der Waals surface area contributed by atoms with Gasteiger partial charge in [-0.25, -0.2) is 0 Å². The number of nitrogens with one attached hydrogen (secondary N) is 1. The zero-order valence-corrected chi connectivity index (χ0v) is 11.4. The molecule has 0 saturated heterocycles. The first-order valence-corrected chi connectivity index (χ1v) is 6.11. The molecule has 0 radical (unpaired) electrons. The van der Waals surface area contributed by atoms with Gasteiger partial charge in [0.2, 0.25) is 0 Å². The molecule has 0 aliphatic rings. The third kappa shape index (κ3) is 2.98. The lowest BCUT2D eigenvalue weighted by molar-refractivity contribution is 0.0949. The number of nitrogens with zero attached hydrogens (tertiary/aromatic N) is 1. The van der Waals surface area contributed by atoms with E-state index in [-0.39, 0.29) is 23.1 Å². The van der Waals surface area contributed by atoms with Gasteiger partial charge in [0.25, 0.3) is 11.5 Å². The molecule has 0 aromatic carbocycles. The number of carbonyl (C=O) groups excluding carboxylic acids is 1. The zero-order chi connectivity index (χ0) is 13.9. The van der Waals surface area contributed by atoms with Crippen molar-refractivity contribution < 1.29 is 4.79 Å². The van der Waals surface area contributed by atoms with Crippen LogP contribution in [-0.2, 0) is 13.5 Å². The van der Waals surface area contributed by atoms with Gasteiger partial charge in [0.1, 0.15) is 5.56 Å². The van der Waals surface area contributed by atoms with Gasteiger partial charge in [-0.15, -0.1) is 0 Å². The van der Waals surface area contributed by atoms with E-state index in [4.69, 9.17) is 5.73 Å². The average molecular weight is 251 g/mol. The van der Waals surface area contributed by atoms with Crippen LogP contribution in [0.25, 0.3) is 0 Å². The quantitative estimate of drug-likeness (QED) is 0.809. The normalized spacial score (nSPS) is 12.3. The third-order valence-corrected chi connectivity index (χ3v) is 2.92. The second kappa shape index (κ2) is 5.82. The molecular formula is C13H21N3O2. The molecule has 1 aromatic heterocycles. The number of pyridine rings is 1. The van der Waals surface area contributed by atoms with Gasteiger partial charge in [0, 0.05) is 25.3 Å². The summed E-state index contributed by atoms with van der Waals surface area (Å²) in [5.41, 5.74) is 7.37. The van der Waals surface area contributed by atoms with Crippen LogP contribution >= 0.6 is 0 Å². The topological polar surface area (TPSA) is 77.1 Å². The summed E-state index contributed by atoms with van der Waals surface area (Å²) in [5.74, 6) is -0.362. The fourth-order valence-electron chi connectivity index (χ4n) is 1.96. The molecule has 0 unspecified atom stereocenters. The van der Waals surface area contributed by atoms with E-state index < -0.39 is 0 Å². The molecular weight excluding hydrogens is 230 g/mol. The Bertz CT molecular complexity index is 504. The molecule has 1 aromatic rings. The maximum atomic E-state index is 12.1. The van der Waals surface area contributed by atoms with E-state index in [9.17, 15) is 9.59 Å². The van der Waals surface area contributed by atoms with Crippen LogP contribution in [0.5, 0.6) is 0 Å². The number of amides is 1. The van der Waals surface area contributed by atoms with Crippen molar-refractivity contribution in [2.75, 3.05) is 6.54 Å². The van der Waals surface area contributed by atoms with Crippen molar-refractivity contribution >= 4 is 5.91 Å². The minimum atomic E-state index is -0.362. The highest BCUT2D eigenvalue weighted by molar-refractivity contribution is 5.94. The average Bonchev–Trinajstić information content (AvgIpc) is 2.31. The largest absolute Gasteiger partial charge is 0.350 e. The highest BCUT2D eigenvalue weighted by Gasteiger charge is 2.15. The molecule has 1 rings (SSSR count). The zero-order valence-electron chi connectivity index (χ0n) is 11.4. The Morgan fingerprint density at radius 3 is 2.67 bits per heavy atom. The number of aromatic nitrogens is 1. The highest BCUT2D eigenvalue weighted by Crippen LogP contribution is 2.07. The first-order chi connectivity index (χ1) is 8.38. The molecule has 0 fully saturated rings. The van der Waals surface area contributed by atoms with Crippen LogP contribution in [-0.4, -0.2) is 23.1 Å². The van der Waals surface area contributed by atoms with E-state index in [0.29, 0.717) is 6.54 Å². The molecule has 100 valence electrons. The summed E-state index contributed by atoms with van der Waals surface area (Å²) in [6.45, 7) is 6.04. The van der Waals surface area contributed by atoms with Gasteiger partial charge >= 0.3 is 0 Å². The molecule has 0 aliphatic carbocycles. The lowest BCUT2D eigenvalue weighted by Crippen LogP contribution is -2.39. The van der Waals surface area contributed by atoms with E-state index in [1.54, 1.807) is 20.0 Å². The minimum Gasteiger partial charge on any atom is -0.350 e. The summed E-state index contributed by atoms with van der Waals surface area (Å²) in [6, 6.07) is 1.52. The molecule has 0 spiro atoms. The predicted molar refractivity (Wildman–Crippen MR) is 71.8 cm³/mol. The second-order valence-corrected chi connectivity index (χ2v) is 4.59. The second-order valence-electron chi connectivity index (χ2n) is 4.59. The minimum absolute atomic E-state index is 0.131. The molecule has 5 heteroatoms. The van der Waals surface area contributed by atoms with Gasteiger partial charge in [-0.1, -0.05) is 6.92 Å². The van der Waals surface area contributed by atoms with Crippen LogP contribution in [0.15, 0.2) is 10.9 Å². The summed E-state index contributed by atoms with van der Waals surface area (Å²) < 4.78 is 1.54. The van der Waals surface area contributed by atoms with Crippen molar-refractivity contribution in [1.29, 1.82) is 0 Å². The summed E-state index contributed by atoms with van der Waals surface area (Å²) in [7, 11) is 1.69. The number of hydrogen-bond acceptors (Lipinski definition) is 3. The molecule has 1 amide bonds. The fraction of sp³-hybridized carbons (Fsp3) is 0.538. The van der Waals surface area contributed by atoms with Gasteiger partial charge < -0.3 is 15.6 Å². The van der Waals surface area contributed by atoms with Gasteiger partial charge in [-0.2, -0.15) is 0 Å². The van der Waals surface area contributed by atoms with Gasteiger partial charge in [0.05, 0.1) is 0 Å². The fourth-order valence-corrected chi connectivity index (χ4v) is 1.96. The lowest BCUT2D eigenvalue weighted by Gasteiger charge is -2.13. The first kappa shape index (κ1) is 14.4. The number of rotatable bonds is 4. The number of hydrogen-bond donors (Lipinski definition) is 2. The van der Waals surface area contributed by atoms with Crippen LogP contribution < -0.4 is 16.6 Å². The Balaban J connectivity index is 3.11. The Hall–Kier alpha value is -1.62. The lowest BCUT2D eigenvalue weighted by atomic mass is 10.1. The smallest absolute Gasteiger partial charge is 0.263 e. The van der Waals surface area contributed by atoms with Crippen molar-refractivity contribution in [3.63, 3.8) is 0 Å².